The van der Waals surface area contributed by atoms with Gasteiger partial charge in [-0.3, -0.25) is 4.72 Å². The molecule has 2 rings (SSSR count). The molecule has 0 heterocycles. The lowest BCUT2D eigenvalue weighted by Gasteiger charge is -2.12. The summed E-state index contributed by atoms with van der Waals surface area (Å²) >= 11 is 5.93. The predicted octanol–water partition coefficient (Wildman–Crippen LogP) is 4.27. The van der Waals surface area contributed by atoms with Crippen LogP contribution in [-0.2, 0) is 10.0 Å². The van der Waals surface area contributed by atoms with Gasteiger partial charge >= 0.3 is 0 Å². The van der Waals surface area contributed by atoms with E-state index in [9.17, 15) is 8.42 Å². The molecule has 22 heavy (non-hydrogen) atoms. The normalized spacial score (nSPS) is 11.5. The Bertz CT molecular complexity index is 756. The molecule has 0 aliphatic rings. The van der Waals surface area contributed by atoms with Crippen LogP contribution in [-0.4, -0.2) is 14.5 Å². The van der Waals surface area contributed by atoms with Gasteiger partial charge in [0.1, 0.15) is 0 Å². The molecule has 0 radical (unpaired) electrons. The summed E-state index contributed by atoms with van der Waals surface area (Å²) in [7, 11) is -3.62. The molecule has 118 valence electrons. The van der Waals surface area contributed by atoms with Crippen molar-refractivity contribution in [3.63, 3.8) is 0 Å². The fourth-order valence-corrected chi connectivity index (χ4v) is 3.23. The average molecular weight is 339 g/mol. The monoisotopic (exact) mass is 338 g/mol. The van der Waals surface area contributed by atoms with E-state index in [0.29, 0.717) is 16.8 Å². The lowest BCUT2D eigenvalue weighted by atomic mass is 10.2. The average Bonchev–Trinajstić information content (AvgIpc) is 2.43. The summed E-state index contributed by atoms with van der Waals surface area (Å²) in [5.74, 6) is 0. The van der Waals surface area contributed by atoms with Gasteiger partial charge in [-0.15, -0.1) is 0 Å². The third-order valence-corrected chi connectivity index (χ3v) is 4.84. The highest BCUT2D eigenvalue weighted by Gasteiger charge is 2.15. The molecule has 0 amide bonds. The molecule has 2 aromatic carbocycles. The van der Waals surface area contributed by atoms with E-state index in [1.165, 1.54) is 6.07 Å². The van der Waals surface area contributed by atoms with Crippen LogP contribution in [0.2, 0.25) is 5.02 Å². The minimum absolute atomic E-state index is 0.193. The van der Waals surface area contributed by atoms with Crippen molar-refractivity contribution in [3.05, 3.63) is 53.1 Å². The Balaban J connectivity index is 2.19. The number of nitrogens with one attached hydrogen (secondary N) is 2. The van der Waals surface area contributed by atoms with Crippen LogP contribution in [0.3, 0.4) is 0 Å². The van der Waals surface area contributed by atoms with E-state index in [1.807, 2.05) is 26.0 Å². The summed E-state index contributed by atoms with van der Waals surface area (Å²) in [5.41, 5.74) is 2.18. The van der Waals surface area contributed by atoms with Crippen molar-refractivity contribution in [2.45, 2.75) is 31.7 Å². The summed E-state index contributed by atoms with van der Waals surface area (Å²) in [5, 5.41) is 3.79. The third kappa shape index (κ3) is 4.15. The number of hydrogen-bond donors (Lipinski definition) is 2. The lowest BCUT2D eigenvalue weighted by Crippen LogP contribution is -2.13. The molecular formula is C16H19ClN2O2S. The minimum atomic E-state index is -3.62. The van der Waals surface area contributed by atoms with E-state index >= 15 is 0 Å². The molecule has 0 aliphatic heterocycles. The molecule has 2 N–H and O–H groups in total. The molecule has 0 aromatic heterocycles. The Morgan fingerprint density at radius 1 is 1.00 bits per heavy atom. The molecular weight excluding hydrogens is 320 g/mol. The van der Waals surface area contributed by atoms with Gasteiger partial charge in [-0.2, -0.15) is 0 Å². The van der Waals surface area contributed by atoms with E-state index in [1.54, 1.807) is 31.2 Å². The first-order valence-corrected chi connectivity index (χ1v) is 8.79. The van der Waals surface area contributed by atoms with Crippen LogP contribution in [0.15, 0.2) is 47.4 Å². The van der Waals surface area contributed by atoms with E-state index < -0.39 is 10.0 Å². The maximum atomic E-state index is 12.4. The third-order valence-electron chi connectivity index (χ3n) is 3.03. The van der Waals surface area contributed by atoms with Crippen molar-refractivity contribution >= 4 is 33.0 Å². The van der Waals surface area contributed by atoms with E-state index in [4.69, 9.17) is 11.6 Å². The van der Waals surface area contributed by atoms with Gasteiger partial charge in [0.2, 0.25) is 0 Å². The summed E-state index contributed by atoms with van der Waals surface area (Å²) in [6, 6.07) is 12.1. The molecule has 0 saturated heterocycles. The van der Waals surface area contributed by atoms with E-state index in [2.05, 4.69) is 10.0 Å². The zero-order valence-electron chi connectivity index (χ0n) is 12.7. The van der Waals surface area contributed by atoms with Crippen molar-refractivity contribution < 1.29 is 8.42 Å². The van der Waals surface area contributed by atoms with Crippen LogP contribution >= 0.6 is 11.6 Å². The highest BCUT2D eigenvalue weighted by molar-refractivity contribution is 7.92. The minimum Gasteiger partial charge on any atom is -0.383 e. The Morgan fingerprint density at radius 3 is 2.14 bits per heavy atom. The van der Waals surface area contributed by atoms with Crippen molar-refractivity contribution in [2.75, 3.05) is 10.0 Å². The molecule has 0 bridgehead atoms. The fourth-order valence-electron chi connectivity index (χ4n) is 1.97. The quantitative estimate of drug-likeness (QED) is 0.856. The van der Waals surface area contributed by atoms with Gasteiger partial charge < -0.3 is 5.32 Å². The van der Waals surface area contributed by atoms with E-state index in [0.717, 1.165) is 11.3 Å². The van der Waals surface area contributed by atoms with Crippen LogP contribution in [0, 0.1) is 6.92 Å². The number of sulfonamides is 1. The van der Waals surface area contributed by atoms with Crippen molar-refractivity contribution in [1.29, 1.82) is 0 Å². The molecule has 0 saturated carbocycles. The van der Waals surface area contributed by atoms with Gasteiger partial charge in [0.25, 0.3) is 10.0 Å². The van der Waals surface area contributed by atoms with Gasteiger partial charge in [0.05, 0.1) is 4.90 Å². The Hall–Kier alpha value is -1.72. The number of hydrogen-bond acceptors (Lipinski definition) is 3. The lowest BCUT2D eigenvalue weighted by molar-refractivity contribution is 0.601. The first-order valence-electron chi connectivity index (χ1n) is 6.93. The number of halogens is 1. The Labute approximate surface area is 136 Å². The van der Waals surface area contributed by atoms with Crippen LogP contribution in [0.1, 0.15) is 19.4 Å². The first-order chi connectivity index (χ1) is 10.3. The van der Waals surface area contributed by atoms with Crippen molar-refractivity contribution in [3.8, 4) is 0 Å². The van der Waals surface area contributed by atoms with Crippen LogP contribution < -0.4 is 10.0 Å². The molecule has 0 aliphatic carbocycles. The van der Waals surface area contributed by atoms with Crippen LogP contribution in [0.4, 0.5) is 11.4 Å². The molecule has 0 spiro atoms. The maximum absolute atomic E-state index is 12.4. The Morgan fingerprint density at radius 2 is 1.59 bits per heavy atom. The van der Waals surface area contributed by atoms with Gasteiger partial charge in [-0.25, -0.2) is 8.42 Å². The van der Waals surface area contributed by atoms with Gasteiger partial charge in [-0.05, 0) is 68.8 Å². The first kappa shape index (κ1) is 16.6. The second-order valence-corrected chi connectivity index (χ2v) is 7.48. The molecule has 0 atom stereocenters. The number of benzene rings is 2. The van der Waals surface area contributed by atoms with Gasteiger partial charge in [-0.1, -0.05) is 11.6 Å². The van der Waals surface area contributed by atoms with Gasteiger partial charge in [0.15, 0.2) is 0 Å². The number of aryl methyl sites for hydroxylation is 1. The second-order valence-electron chi connectivity index (χ2n) is 5.39. The maximum Gasteiger partial charge on any atom is 0.261 e. The fraction of sp³-hybridized carbons (Fsp3) is 0.250. The van der Waals surface area contributed by atoms with Gasteiger partial charge in [0, 0.05) is 22.4 Å². The molecule has 2 aromatic rings. The highest BCUT2D eigenvalue weighted by Crippen LogP contribution is 2.22. The SMILES string of the molecule is Cc1cc(S(=O)(=O)Nc2ccc(NC(C)C)cc2)ccc1Cl. The second kappa shape index (κ2) is 6.58. The molecule has 4 nitrogen and oxygen atoms in total. The highest BCUT2D eigenvalue weighted by atomic mass is 35.5. The Kier molecular flexibility index (Phi) is 4.98. The number of rotatable bonds is 5. The molecule has 0 unspecified atom stereocenters. The number of anilines is 2. The molecule has 0 fully saturated rings. The van der Waals surface area contributed by atoms with E-state index in [-0.39, 0.29) is 4.90 Å². The topological polar surface area (TPSA) is 58.2 Å². The summed E-state index contributed by atoms with van der Waals surface area (Å²) < 4.78 is 27.3. The molecule has 6 heteroatoms. The predicted molar refractivity (Wildman–Crippen MR) is 92.2 cm³/mol. The summed E-state index contributed by atoms with van der Waals surface area (Å²) in [6.45, 7) is 5.85. The standard InChI is InChI=1S/C16H19ClN2O2S/c1-11(2)18-13-4-6-14(7-5-13)19-22(20,21)15-8-9-16(17)12(3)10-15/h4-11,18-19H,1-3H3. The summed E-state index contributed by atoms with van der Waals surface area (Å²) in [6.07, 6.45) is 0. The van der Waals surface area contributed by atoms with Crippen LogP contribution in [0.5, 0.6) is 0 Å². The smallest absolute Gasteiger partial charge is 0.261 e. The van der Waals surface area contributed by atoms with Crippen LogP contribution in [0.25, 0.3) is 0 Å². The zero-order valence-corrected chi connectivity index (χ0v) is 14.3. The zero-order chi connectivity index (χ0) is 16.3. The van der Waals surface area contributed by atoms with Crippen molar-refractivity contribution in [2.24, 2.45) is 0 Å². The largest absolute Gasteiger partial charge is 0.383 e. The summed E-state index contributed by atoms with van der Waals surface area (Å²) in [4.78, 5) is 0.193. The van der Waals surface area contributed by atoms with Crippen molar-refractivity contribution in [1.82, 2.24) is 0 Å².